The lowest BCUT2D eigenvalue weighted by Gasteiger charge is -2.31. The predicted octanol–water partition coefficient (Wildman–Crippen LogP) is 3.34. The number of hydrogen-bond acceptors (Lipinski definition) is 2. The summed E-state index contributed by atoms with van der Waals surface area (Å²) in [5.74, 6) is 0. The van der Waals surface area contributed by atoms with Crippen LogP contribution in [0.4, 0.5) is 0 Å². The summed E-state index contributed by atoms with van der Waals surface area (Å²) in [7, 11) is 0. The molecule has 0 aliphatic heterocycles. The van der Waals surface area contributed by atoms with E-state index in [0.717, 1.165) is 29.3 Å². The van der Waals surface area contributed by atoms with E-state index in [2.05, 4.69) is 27.0 Å². The summed E-state index contributed by atoms with van der Waals surface area (Å²) in [6, 6.07) is 6.09. The maximum absolute atomic E-state index is 10.5. The molecule has 0 spiro atoms. The maximum atomic E-state index is 10.5. The van der Waals surface area contributed by atoms with Crippen molar-refractivity contribution in [2.24, 2.45) is 4.99 Å². The Kier molecular flexibility index (Phi) is 2.76. The molecule has 2 rings (SSSR count). The number of nitrogens with zero attached hydrogens (tertiary/aromatic N) is 1. The average molecular weight is 266 g/mol. The van der Waals surface area contributed by atoms with Gasteiger partial charge in [0.1, 0.15) is 0 Å². The molecule has 1 aromatic carbocycles. The molecular formula is C12H12BrNO. The van der Waals surface area contributed by atoms with Crippen molar-refractivity contribution < 1.29 is 4.79 Å². The zero-order valence-electron chi connectivity index (χ0n) is 8.59. The molecule has 0 N–H and O–H groups in total. The predicted molar refractivity (Wildman–Crippen MR) is 62.6 cm³/mol. The van der Waals surface area contributed by atoms with Gasteiger partial charge in [-0.2, -0.15) is 4.99 Å². The van der Waals surface area contributed by atoms with Gasteiger partial charge in [0.25, 0.3) is 0 Å². The summed E-state index contributed by atoms with van der Waals surface area (Å²) in [6.45, 7) is 2.00. The van der Waals surface area contributed by atoms with Gasteiger partial charge in [-0.1, -0.05) is 28.1 Å². The first-order valence-electron chi connectivity index (χ1n) is 5.04. The Morgan fingerprint density at radius 3 is 3.07 bits per heavy atom. The molecule has 78 valence electrons. The monoisotopic (exact) mass is 265 g/mol. The Morgan fingerprint density at radius 1 is 1.53 bits per heavy atom. The molecule has 0 amide bonds. The number of hydrogen-bond donors (Lipinski definition) is 0. The van der Waals surface area contributed by atoms with Gasteiger partial charge >= 0.3 is 0 Å². The first-order valence-corrected chi connectivity index (χ1v) is 5.83. The van der Waals surface area contributed by atoms with Crippen molar-refractivity contribution in [2.45, 2.75) is 31.7 Å². The Labute approximate surface area is 97.5 Å². The van der Waals surface area contributed by atoms with Crippen molar-refractivity contribution in [1.29, 1.82) is 0 Å². The Balaban J connectivity index is 2.61. The van der Waals surface area contributed by atoms with E-state index in [1.807, 2.05) is 19.1 Å². The highest BCUT2D eigenvalue weighted by atomic mass is 79.9. The Bertz CT molecular complexity index is 437. The second kappa shape index (κ2) is 3.92. The lowest BCUT2D eigenvalue weighted by molar-refractivity contribution is 0.407. The smallest absolute Gasteiger partial charge is 0.211 e. The van der Waals surface area contributed by atoms with E-state index in [-0.39, 0.29) is 5.54 Å². The third-order valence-electron chi connectivity index (χ3n) is 3.08. The minimum atomic E-state index is -0.376. The number of halogens is 1. The van der Waals surface area contributed by atoms with E-state index >= 15 is 0 Å². The molecule has 0 saturated carbocycles. The summed E-state index contributed by atoms with van der Waals surface area (Å²) in [4.78, 5) is 14.4. The highest BCUT2D eigenvalue weighted by Gasteiger charge is 2.32. The third kappa shape index (κ3) is 1.77. The summed E-state index contributed by atoms with van der Waals surface area (Å²) in [5, 5.41) is 0. The zero-order chi connectivity index (χ0) is 10.9. The van der Waals surface area contributed by atoms with Gasteiger partial charge in [0.2, 0.25) is 6.08 Å². The highest BCUT2D eigenvalue weighted by molar-refractivity contribution is 9.10. The van der Waals surface area contributed by atoms with Gasteiger partial charge in [-0.25, -0.2) is 4.79 Å². The van der Waals surface area contributed by atoms with E-state index in [4.69, 9.17) is 0 Å². The molecule has 0 radical (unpaired) electrons. The average Bonchev–Trinajstić information content (AvgIpc) is 2.20. The molecular weight excluding hydrogens is 254 g/mol. The van der Waals surface area contributed by atoms with E-state index in [0.29, 0.717) is 0 Å². The summed E-state index contributed by atoms with van der Waals surface area (Å²) in [5.41, 5.74) is 2.07. The normalized spacial score (nSPS) is 24.1. The van der Waals surface area contributed by atoms with Gasteiger partial charge in [-0.05, 0) is 43.4 Å². The topological polar surface area (TPSA) is 29.4 Å². The van der Waals surface area contributed by atoms with Crippen LogP contribution in [0.2, 0.25) is 0 Å². The number of fused-ring (bicyclic) bond motifs is 1. The first-order chi connectivity index (χ1) is 7.17. The maximum Gasteiger partial charge on any atom is 0.235 e. The summed E-state index contributed by atoms with van der Waals surface area (Å²) >= 11 is 3.54. The molecule has 0 fully saturated rings. The van der Waals surface area contributed by atoms with Crippen LogP contribution in [0.5, 0.6) is 0 Å². The van der Waals surface area contributed by atoms with Crippen LogP contribution in [0.3, 0.4) is 0 Å². The number of carbonyl (C=O) groups excluding carboxylic acids is 1. The van der Waals surface area contributed by atoms with E-state index in [1.165, 1.54) is 5.56 Å². The third-order valence-corrected chi connectivity index (χ3v) is 3.82. The lowest BCUT2D eigenvalue weighted by Crippen LogP contribution is -2.25. The van der Waals surface area contributed by atoms with Gasteiger partial charge in [0.15, 0.2) is 0 Å². The molecule has 0 heterocycles. The second-order valence-corrected chi connectivity index (χ2v) is 4.95. The van der Waals surface area contributed by atoms with E-state index in [1.54, 1.807) is 6.08 Å². The highest BCUT2D eigenvalue weighted by Crippen LogP contribution is 2.40. The molecule has 1 aliphatic rings. The minimum absolute atomic E-state index is 0.376. The second-order valence-electron chi connectivity index (χ2n) is 4.10. The standard InChI is InChI=1S/C12H12BrNO/c1-12(14-8-15)7-3-4-9-10(12)5-2-6-11(9)13/h2,5-6H,3-4,7H2,1H3. The summed E-state index contributed by atoms with van der Waals surface area (Å²) < 4.78 is 1.12. The Hall–Kier alpha value is -0.920. The molecule has 3 heteroatoms. The molecule has 1 atom stereocenters. The fourth-order valence-electron chi connectivity index (χ4n) is 2.28. The Morgan fingerprint density at radius 2 is 2.33 bits per heavy atom. The van der Waals surface area contributed by atoms with Gasteiger partial charge in [0.05, 0.1) is 5.54 Å². The quantitative estimate of drug-likeness (QED) is 0.566. The van der Waals surface area contributed by atoms with Crippen molar-refractivity contribution in [3.8, 4) is 0 Å². The SMILES string of the molecule is CC1(N=C=O)CCCc2c(Br)cccc21. The number of benzene rings is 1. The molecule has 2 nitrogen and oxygen atoms in total. The van der Waals surface area contributed by atoms with Crippen LogP contribution in [0.15, 0.2) is 27.7 Å². The number of aliphatic imine (C=N–C) groups is 1. The molecule has 1 aromatic rings. The van der Waals surface area contributed by atoms with E-state index in [9.17, 15) is 4.79 Å². The first kappa shape index (κ1) is 10.6. The fraction of sp³-hybridized carbons (Fsp3) is 0.417. The van der Waals surface area contributed by atoms with Crippen LogP contribution >= 0.6 is 15.9 Å². The van der Waals surface area contributed by atoms with Crippen LogP contribution in [-0.2, 0) is 16.8 Å². The van der Waals surface area contributed by atoms with Crippen LogP contribution in [0, 0.1) is 0 Å². The lowest BCUT2D eigenvalue weighted by atomic mass is 9.78. The van der Waals surface area contributed by atoms with Crippen LogP contribution in [0.1, 0.15) is 30.9 Å². The van der Waals surface area contributed by atoms with Gasteiger partial charge in [0, 0.05) is 4.47 Å². The molecule has 0 aromatic heterocycles. The van der Waals surface area contributed by atoms with Crippen LogP contribution in [0.25, 0.3) is 0 Å². The molecule has 0 bridgehead atoms. The van der Waals surface area contributed by atoms with Crippen molar-refractivity contribution >= 4 is 22.0 Å². The number of rotatable bonds is 1. The van der Waals surface area contributed by atoms with Crippen molar-refractivity contribution in [3.63, 3.8) is 0 Å². The molecule has 1 aliphatic carbocycles. The minimum Gasteiger partial charge on any atom is -0.211 e. The van der Waals surface area contributed by atoms with Gasteiger partial charge < -0.3 is 0 Å². The van der Waals surface area contributed by atoms with Crippen LogP contribution in [-0.4, -0.2) is 6.08 Å². The molecule has 1 unspecified atom stereocenters. The van der Waals surface area contributed by atoms with Gasteiger partial charge in [-0.3, -0.25) is 0 Å². The molecule has 0 saturated heterocycles. The zero-order valence-corrected chi connectivity index (χ0v) is 10.2. The van der Waals surface area contributed by atoms with Crippen molar-refractivity contribution in [1.82, 2.24) is 0 Å². The fourth-order valence-corrected chi connectivity index (χ4v) is 2.84. The van der Waals surface area contributed by atoms with Gasteiger partial charge in [-0.15, -0.1) is 0 Å². The summed E-state index contributed by atoms with van der Waals surface area (Å²) in [6.07, 6.45) is 4.74. The number of isocyanates is 1. The molecule has 15 heavy (non-hydrogen) atoms. The van der Waals surface area contributed by atoms with Crippen LogP contribution < -0.4 is 0 Å². The van der Waals surface area contributed by atoms with Crippen molar-refractivity contribution in [3.05, 3.63) is 33.8 Å². The van der Waals surface area contributed by atoms with E-state index < -0.39 is 0 Å². The largest absolute Gasteiger partial charge is 0.235 e. The van der Waals surface area contributed by atoms with Crippen molar-refractivity contribution in [2.75, 3.05) is 0 Å².